The molecule has 1 fully saturated rings. The average Bonchev–Trinajstić information content (AvgIpc) is 2.65. The summed E-state index contributed by atoms with van der Waals surface area (Å²) in [4.78, 5) is 20.6. The van der Waals surface area contributed by atoms with E-state index in [1.54, 1.807) is 7.11 Å². The highest BCUT2D eigenvalue weighted by molar-refractivity contribution is 14.0. The summed E-state index contributed by atoms with van der Waals surface area (Å²) in [7, 11) is 1.70. The smallest absolute Gasteiger partial charge is 0.241 e. The van der Waals surface area contributed by atoms with Gasteiger partial charge in [0.25, 0.3) is 0 Å². The Morgan fingerprint density at radius 1 is 1.12 bits per heavy atom. The van der Waals surface area contributed by atoms with Crippen molar-refractivity contribution in [3.63, 3.8) is 0 Å². The second kappa shape index (κ2) is 11.8. The van der Waals surface area contributed by atoms with Gasteiger partial charge in [0.1, 0.15) is 12.3 Å². The largest absolute Gasteiger partial charge is 0.495 e. The van der Waals surface area contributed by atoms with Gasteiger partial charge in [0.05, 0.1) is 12.8 Å². The van der Waals surface area contributed by atoms with Crippen LogP contribution in [0.25, 0.3) is 0 Å². The van der Waals surface area contributed by atoms with E-state index in [1.165, 1.54) is 0 Å². The maximum Gasteiger partial charge on any atom is 0.241 e. The number of carbonyl (C=O) groups excluding carboxylic acids is 1. The molecule has 146 valence electrons. The van der Waals surface area contributed by atoms with Crippen LogP contribution in [0.1, 0.15) is 13.8 Å². The minimum Gasteiger partial charge on any atom is -0.495 e. The van der Waals surface area contributed by atoms with Crippen molar-refractivity contribution in [1.29, 1.82) is 0 Å². The van der Waals surface area contributed by atoms with Crippen molar-refractivity contribution >= 4 is 41.5 Å². The lowest BCUT2D eigenvalue weighted by molar-refractivity contribution is -0.119. The molecule has 0 saturated carbocycles. The molecule has 2 N–H and O–H groups in total. The molecule has 1 saturated heterocycles. The van der Waals surface area contributed by atoms with Gasteiger partial charge in [0.2, 0.25) is 5.91 Å². The third kappa shape index (κ3) is 6.22. The number of amides is 1. The number of ether oxygens (including phenoxy) is 1. The van der Waals surface area contributed by atoms with E-state index in [4.69, 9.17) is 4.74 Å². The Morgan fingerprint density at radius 2 is 1.77 bits per heavy atom. The molecular formula is C18H30IN5O2. The first-order valence-corrected chi connectivity index (χ1v) is 8.87. The summed E-state index contributed by atoms with van der Waals surface area (Å²) in [6.45, 7) is 8.96. The number of guanidine groups is 1. The highest BCUT2D eigenvalue weighted by atomic mass is 127. The van der Waals surface area contributed by atoms with E-state index in [1.807, 2.05) is 32.0 Å². The molecular weight excluding hydrogens is 445 g/mol. The Balaban J connectivity index is 0.00000338. The third-order valence-corrected chi connectivity index (χ3v) is 4.09. The number of halogens is 1. The molecule has 0 radical (unpaired) electrons. The SMILES string of the molecule is CCNC(=O)CN=C(NCC)N1CCN(c2ccccc2OC)CC1.I. The number of piperazine rings is 1. The van der Waals surface area contributed by atoms with Crippen molar-refractivity contribution in [2.24, 2.45) is 4.99 Å². The van der Waals surface area contributed by atoms with Crippen molar-refractivity contribution in [1.82, 2.24) is 15.5 Å². The van der Waals surface area contributed by atoms with Crippen molar-refractivity contribution in [3.05, 3.63) is 24.3 Å². The summed E-state index contributed by atoms with van der Waals surface area (Å²) in [5, 5.41) is 6.05. The van der Waals surface area contributed by atoms with Crippen LogP contribution in [0.3, 0.4) is 0 Å². The molecule has 1 aliphatic rings. The van der Waals surface area contributed by atoms with Gasteiger partial charge < -0.3 is 25.2 Å². The van der Waals surface area contributed by atoms with Crippen LogP contribution in [-0.4, -0.2) is 69.7 Å². The fraction of sp³-hybridized carbons (Fsp3) is 0.556. The Labute approximate surface area is 173 Å². The highest BCUT2D eigenvalue weighted by Gasteiger charge is 2.21. The number of likely N-dealkylation sites (N-methyl/N-ethyl adjacent to an activating group) is 1. The lowest BCUT2D eigenvalue weighted by Gasteiger charge is -2.38. The molecule has 0 aromatic heterocycles. The molecule has 2 rings (SSSR count). The van der Waals surface area contributed by atoms with Gasteiger partial charge in [-0.3, -0.25) is 4.79 Å². The number of anilines is 1. The number of hydrogen-bond acceptors (Lipinski definition) is 4. The van der Waals surface area contributed by atoms with Crippen LogP contribution < -0.4 is 20.3 Å². The van der Waals surface area contributed by atoms with E-state index >= 15 is 0 Å². The monoisotopic (exact) mass is 475 g/mol. The van der Waals surface area contributed by atoms with E-state index in [2.05, 4.69) is 31.5 Å². The number of rotatable bonds is 6. The molecule has 1 aromatic carbocycles. The molecule has 26 heavy (non-hydrogen) atoms. The van der Waals surface area contributed by atoms with Crippen LogP contribution >= 0.6 is 24.0 Å². The Kier molecular flexibility index (Phi) is 10.2. The average molecular weight is 475 g/mol. The zero-order chi connectivity index (χ0) is 18.1. The summed E-state index contributed by atoms with van der Waals surface area (Å²) >= 11 is 0. The number of nitrogens with one attached hydrogen (secondary N) is 2. The predicted molar refractivity (Wildman–Crippen MR) is 117 cm³/mol. The molecule has 1 heterocycles. The van der Waals surface area contributed by atoms with Crippen LogP contribution in [0, 0.1) is 0 Å². The molecule has 0 aliphatic carbocycles. The summed E-state index contributed by atoms with van der Waals surface area (Å²) < 4.78 is 5.46. The second-order valence-electron chi connectivity index (χ2n) is 5.77. The van der Waals surface area contributed by atoms with Crippen molar-refractivity contribution in [3.8, 4) is 5.75 Å². The molecule has 0 atom stereocenters. The topological polar surface area (TPSA) is 69.2 Å². The normalized spacial score (nSPS) is 14.5. The van der Waals surface area contributed by atoms with E-state index in [0.29, 0.717) is 6.54 Å². The highest BCUT2D eigenvalue weighted by Crippen LogP contribution is 2.28. The van der Waals surface area contributed by atoms with Crippen molar-refractivity contribution < 1.29 is 9.53 Å². The number of aliphatic imine (C=N–C) groups is 1. The van der Waals surface area contributed by atoms with Gasteiger partial charge in [-0.05, 0) is 26.0 Å². The number of methoxy groups -OCH3 is 1. The summed E-state index contributed by atoms with van der Waals surface area (Å²) in [5.41, 5.74) is 1.12. The molecule has 8 heteroatoms. The van der Waals surface area contributed by atoms with E-state index < -0.39 is 0 Å². The number of carbonyl (C=O) groups is 1. The van der Waals surface area contributed by atoms with Crippen LogP contribution in [0.2, 0.25) is 0 Å². The predicted octanol–water partition coefficient (Wildman–Crippen LogP) is 1.54. The lowest BCUT2D eigenvalue weighted by atomic mass is 10.2. The minimum atomic E-state index is -0.0504. The summed E-state index contributed by atoms with van der Waals surface area (Å²) in [6.07, 6.45) is 0. The molecule has 1 aliphatic heterocycles. The number of para-hydroxylation sites is 2. The first kappa shape index (κ1) is 22.3. The van der Waals surface area contributed by atoms with Gasteiger partial charge >= 0.3 is 0 Å². The Bertz CT molecular complexity index is 589. The maximum atomic E-state index is 11.7. The fourth-order valence-corrected chi connectivity index (χ4v) is 2.88. The number of benzene rings is 1. The maximum absolute atomic E-state index is 11.7. The van der Waals surface area contributed by atoms with Crippen molar-refractivity contribution in [2.45, 2.75) is 13.8 Å². The van der Waals surface area contributed by atoms with Crippen LogP contribution in [0.15, 0.2) is 29.3 Å². The molecule has 1 amide bonds. The van der Waals surface area contributed by atoms with Gasteiger partial charge in [-0.1, -0.05) is 12.1 Å². The van der Waals surface area contributed by atoms with Gasteiger partial charge in [-0.25, -0.2) is 4.99 Å². The summed E-state index contributed by atoms with van der Waals surface area (Å²) in [5.74, 6) is 1.65. The van der Waals surface area contributed by atoms with E-state index in [0.717, 1.165) is 50.1 Å². The summed E-state index contributed by atoms with van der Waals surface area (Å²) in [6, 6.07) is 8.08. The Hall–Kier alpha value is -1.71. The third-order valence-electron chi connectivity index (χ3n) is 4.09. The van der Waals surface area contributed by atoms with Crippen LogP contribution in [-0.2, 0) is 4.79 Å². The van der Waals surface area contributed by atoms with Crippen LogP contribution in [0.5, 0.6) is 5.75 Å². The fourth-order valence-electron chi connectivity index (χ4n) is 2.88. The molecule has 0 bridgehead atoms. The van der Waals surface area contributed by atoms with Crippen LogP contribution in [0.4, 0.5) is 5.69 Å². The van der Waals surface area contributed by atoms with Gasteiger partial charge in [-0.15, -0.1) is 24.0 Å². The van der Waals surface area contributed by atoms with E-state index in [-0.39, 0.29) is 36.4 Å². The molecule has 0 spiro atoms. The minimum absolute atomic E-state index is 0. The van der Waals surface area contributed by atoms with Crippen molar-refractivity contribution in [2.75, 3.05) is 57.8 Å². The Morgan fingerprint density at radius 3 is 2.38 bits per heavy atom. The quantitative estimate of drug-likeness (QED) is 0.371. The van der Waals surface area contributed by atoms with Gasteiger partial charge in [0, 0.05) is 39.3 Å². The second-order valence-corrected chi connectivity index (χ2v) is 5.77. The standard InChI is InChI=1S/C18H29N5O2.HI/c1-4-19-17(24)14-21-18(20-5-2)23-12-10-22(11-13-23)15-8-6-7-9-16(15)25-3;/h6-9H,4-5,10-14H2,1-3H3,(H,19,24)(H,20,21);1H. The lowest BCUT2D eigenvalue weighted by Crippen LogP contribution is -2.52. The van der Waals surface area contributed by atoms with Gasteiger partial charge in [-0.2, -0.15) is 0 Å². The first-order valence-electron chi connectivity index (χ1n) is 8.87. The number of hydrogen-bond donors (Lipinski definition) is 2. The number of nitrogens with zero attached hydrogens (tertiary/aromatic N) is 3. The molecule has 0 unspecified atom stereocenters. The molecule has 7 nitrogen and oxygen atoms in total. The zero-order valence-corrected chi connectivity index (χ0v) is 18.2. The van der Waals surface area contributed by atoms with Gasteiger partial charge in [0.15, 0.2) is 5.96 Å². The first-order chi connectivity index (χ1) is 12.2. The molecule has 1 aromatic rings. The van der Waals surface area contributed by atoms with E-state index in [9.17, 15) is 4.79 Å². The zero-order valence-electron chi connectivity index (χ0n) is 15.8.